The van der Waals surface area contributed by atoms with Crippen molar-refractivity contribution < 1.29 is 9.84 Å². The molecule has 1 atom stereocenters. The standard InChI is InChI=1S/C22H23N3O2S/c1-14(2)11-15(13-26)24-22-25-19-8-7-16(12-21(19)28-22)27-20-9-10-23-18-6-4-3-5-17(18)20/h3-10,12,14-15,26H,11,13H2,1-2H3,(H,24,25). The topological polar surface area (TPSA) is 67.3 Å². The van der Waals surface area contributed by atoms with Crippen LogP contribution in [-0.2, 0) is 0 Å². The smallest absolute Gasteiger partial charge is 0.184 e. The van der Waals surface area contributed by atoms with Gasteiger partial charge in [-0.3, -0.25) is 4.98 Å². The fraction of sp³-hybridized carbons (Fsp3) is 0.273. The van der Waals surface area contributed by atoms with Crippen molar-refractivity contribution in [1.82, 2.24) is 9.97 Å². The lowest BCUT2D eigenvalue weighted by Crippen LogP contribution is -2.25. The van der Waals surface area contributed by atoms with Crippen molar-refractivity contribution in [2.45, 2.75) is 26.3 Å². The fourth-order valence-corrected chi connectivity index (χ4v) is 4.21. The van der Waals surface area contributed by atoms with E-state index in [0.29, 0.717) is 5.92 Å². The number of nitrogens with one attached hydrogen (secondary N) is 1. The van der Waals surface area contributed by atoms with E-state index in [1.807, 2.05) is 48.5 Å². The third kappa shape index (κ3) is 4.08. The number of ether oxygens (including phenoxy) is 1. The molecule has 0 spiro atoms. The van der Waals surface area contributed by atoms with E-state index in [2.05, 4.69) is 29.1 Å². The number of rotatable bonds is 7. The number of thiazole rings is 1. The first-order valence-electron chi connectivity index (χ1n) is 9.42. The number of anilines is 1. The summed E-state index contributed by atoms with van der Waals surface area (Å²) in [5, 5.41) is 14.7. The number of aliphatic hydroxyl groups is 1. The minimum Gasteiger partial charge on any atom is -0.457 e. The van der Waals surface area contributed by atoms with Crippen molar-refractivity contribution in [2.24, 2.45) is 5.92 Å². The van der Waals surface area contributed by atoms with Crippen LogP contribution < -0.4 is 10.1 Å². The zero-order valence-corrected chi connectivity index (χ0v) is 16.7. The van der Waals surface area contributed by atoms with Gasteiger partial charge in [-0.1, -0.05) is 37.3 Å². The number of para-hydroxylation sites is 1. The van der Waals surface area contributed by atoms with Gasteiger partial charge in [-0.05, 0) is 42.7 Å². The summed E-state index contributed by atoms with van der Waals surface area (Å²) < 4.78 is 7.18. The fourth-order valence-electron chi connectivity index (χ4n) is 3.24. The maximum atomic E-state index is 9.60. The van der Waals surface area contributed by atoms with Gasteiger partial charge in [0.15, 0.2) is 5.13 Å². The molecule has 0 aliphatic rings. The summed E-state index contributed by atoms with van der Waals surface area (Å²) in [6, 6.07) is 15.7. The Labute approximate surface area is 168 Å². The SMILES string of the molecule is CC(C)CC(CO)Nc1nc2ccc(Oc3ccnc4ccccc34)cc2s1. The monoisotopic (exact) mass is 393 g/mol. The minimum atomic E-state index is 0.0134. The van der Waals surface area contributed by atoms with E-state index in [0.717, 1.165) is 44.2 Å². The van der Waals surface area contributed by atoms with Gasteiger partial charge in [0.25, 0.3) is 0 Å². The third-order valence-electron chi connectivity index (χ3n) is 4.50. The predicted molar refractivity (Wildman–Crippen MR) is 115 cm³/mol. The molecule has 4 rings (SSSR count). The van der Waals surface area contributed by atoms with Crippen LogP contribution in [0.2, 0.25) is 0 Å². The number of fused-ring (bicyclic) bond motifs is 2. The van der Waals surface area contributed by atoms with Gasteiger partial charge in [-0.2, -0.15) is 0 Å². The molecule has 2 N–H and O–H groups in total. The summed E-state index contributed by atoms with van der Waals surface area (Å²) in [6.07, 6.45) is 2.66. The summed E-state index contributed by atoms with van der Waals surface area (Å²) in [5.74, 6) is 2.05. The van der Waals surface area contributed by atoms with E-state index in [4.69, 9.17) is 4.74 Å². The highest BCUT2D eigenvalue weighted by atomic mass is 32.1. The van der Waals surface area contributed by atoms with Gasteiger partial charge < -0.3 is 15.2 Å². The van der Waals surface area contributed by atoms with Gasteiger partial charge in [0.05, 0.1) is 28.4 Å². The highest BCUT2D eigenvalue weighted by molar-refractivity contribution is 7.22. The number of hydrogen-bond donors (Lipinski definition) is 2. The summed E-state index contributed by atoms with van der Waals surface area (Å²) in [4.78, 5) is 9.01. The molecule has 28 heavy (non-hydrogen) atoms. The number of hydrogen-bond acceptors (Lipinski definition) is 6. The Hall–Kier alpha value is -2.70. The van der Waals surface area contributed by atoms with Gasteiger partial charge in [0.2, 0.25) is 0 Å². The molecule has 5 nitrogen and oxygen atoms in total. The Morgan fingerprint density at radius 3 is 2.79 bits per heavy atom. The first-order valence-corrected chi connectivity index (χ1v) is 10.2. The molecule has 0 aliphatic carbocycles. The quantitative estimate of drug-likeness (QED) is 0.437. The van der Waals surface area contributed by atoms with Crippen molar-refractivity contribution in [2.75, 3.05) is 11.9 Å². The second-order valence-corrected chi connectivity index (χ2v) is 8.26. The van der Waals surface area contributed by atoms with Crippen molar-refractivity contribution in [3.8, 4) is 11.5 Å². The van der Waals surface area contributed by atoms with E-state index in [1.54, 1.807) is 17.5 Å². The van der Waals surface area contributed by atoms with Crippen molar-refractivity contribution in [3.63, 3.8) is 0 Å². The molecule has 2 aromatic carbocycles. The van der Waals surface area contributed by atoms with Gasteiger partial charge in [0, 0.05) is 17.6 Å². The summed E-state index contributed by atoms with van der Waals surface area (Å²) in [7, 11) is 0. The van der Waals surface area contributed by atoms with Crippen LogP contribution in [0.15, 0.2) is 54.7 Å². The number of aromatic nitrogens is 2. The van der Waals surface area contributed by atoms with Gasteiger partial charge in [-0.15, -0.1) is 0 Å². The number of nitrogens with zero attached hydrogens (tertiary/aromatic N) is 2. The maximum Gasteiger partial charge on any atom is 0.184 e. The molecule has 0 bridgehead atoms. The van der Waals surface area contributed by atoms with Crippen LogP contribution in [0.1, 0.15) is 20.3 Å². The largest absolute Gasteiger partial charge is 0.457 e. The average molecular weight is 394 g/mol. The molecular formula is C22H23N3O2S. The Balaban J connectivity index is 1.58. The second-order valence-electron chi connectivity index (χ2n) is 7.23. The van der Waals surface area contributed by atoms with Crippen LogP contribution in [0.5, 0.6) is 11.5 Å². The Kier molecular flexibility index (Phi) is 5.41. The van der Waals surface area contributed by atoms with Crippen LogP contribution in [0, 0.1) is 5.92 Å². The zero-order chi connectivity index (χ0) is 19.5. The van der Waals surface area contributed by atoms with Crippen LogP contribution in [0.25, 0.3) is 21.1 Å². The lowest BCUT2D eigenvalue weighted by atomic mass is 10.0. The molecular weight excluding hydrogens is 370 g/mol. The highest BCUT2D eigenvalue weighted by Gasteiger charge is 2.13. The Morgan fingerprint density at radius 1 is 1.11 bits per heavy atom. The predicted octanol–water partition coefficient (Wildman–Crippen LogP) is 5.46. The summed E-state index contributed by atoms with van der Waals surface area (Å²) >= 11 is 1.57. The average Bonchev–Trinajstić information content (AvgIpc) is 3.09. The molecule has 0 aliphatic heterocycles. The Morgan fingerprint density at radius 2 is 1.96 bits per heavy atom. The van der Waals surface area contributed by atoms with Crippen LogP contribution in [0.4, 0.5) is 5.13 Å². The summed E-state index contributed by atoms with van der Waals surface area (Å²) in [5.41, 5.74) is 1.83. The molecule has 0 radical (unpaired) electrons. The molecule has 1 unspecified atom stereocenters. The molecule has 0 amide bonds. The first-order chi connectivity index (χ1) is 13.6. The van der Waals surface area contributed by atoms with Crippen LogP contribution in [0.3, 0.4) is 0 Å². The van der Waals surface area contributed by atoms with Gasteiger partial charge in [0.1, 0.15) is 11.5 Å². The maximum absolute atomic E-state index is 9.60. The van der Waals surface area contributed by atoms with Crippen molar-refractivity contribution in [3.05, 3.63) is 54.7 Å². The van der Waals surface area contributed by atoms with Gasteiger partial charge in [-0.25, -0.2) is 4.98 Å². The summed E-state index contributed by atoms with van der Waals surface area (Å²) in [6.45, 7) is 4.39. The number of benzene rings is 2. The molecule has 144 valence electrons. The highest BCUT2D eigenvalue weighted by Crippen LogP contribution is 2.33. The van der Waals surface area contributed by atoms with Gasteiger partial charge >= 0.3 is 0 Å². The molecule has 0 saturated carbocycles. The van der Waals surface area contributed by atoms with Crippen LogP contribution in [-0.4, -0.2) is 27.7 Å². The van der Waals surface area contributed by atoms with Crippen molar-refractivity contribution >= 4 is 37.6 Å². The van der Waals surface area contributed by atoms with E-state index >= 15 is 0 Å². The van der Waals surface area contributed by atoms with E-state index in [-0.39, 0.29) is 12.6 Å². The number of pyridine rings is 1. The Bertz CT molecular complexity index is 1090. The molecule has 2 aromatic heterocycles. The number of aliphatic hydroxyl groups excluding tert-OH is 1. The molecule has 4 aromatic rings. The lowest BCUT2D eigenvalue weighted by Gasteiger charge is -2.17. The molecule has 0 fully saturated rings. The van der Waals surface area contributed by atoms with E-state index in [9.17, 15) is 5.11 Å². The second kappa shape index (κ2) is 8.12. The van der Waals surface area contributed by atoms with Crippen molar-refractivity contribution in [1.29, 1.82) is 0 Å². The van der Waals surface area contributed by atoms with Crippen LogP contribution >= 0.6 is 11.3 Å². The van der Waals surface area contributed by atoms with E-state index in [1.165, 1.54) is 0 Å². The molecule has 2 heterocycles. The molecule has 6 heteroatoms. The third-order valence-corrected chi connectivity index (χ3v) is 5.45. The minimum absolute atomic E-state index is 0.0134. The molecule has 0 saturated heterocycles. The van der Waals surface area contributed by atoms with E-state index < -0.39 is 0 Å². The zero-order valence-electron chi connectivity index (χ0n) is 15.9. The first kappa shape index (κ1) is 18.7. The lowest BCUT2D eigenvalue weighted by molar-refractivity contribution is 0.259. The normalized spacial score (nSPS) is 12.6.